The van der Waals surface area contributed by atoms with Crippen LogP contribution in [0.2, 0.25) is 0 Å². The van der Waals surface area contributed by atoms with Crippen LogP contribution in [-0.4, -0.2) is 22.4 Å². The summed E-state index contributed by atoms with van der Waals surface area (Å²) in [5, 5.41) is 5.19. The molecule has 2 aromatic heterocycles. The van der Waals surface area contributed by atoms with E-state index >= 15 is 0 Å². The fraction of sp³-hybridized carbons (Fsp3) is 0.0833. The Morgan fingerprint density at radius 3 is 2.57 bits per heavy atom. The lowest BCUT2D eigenvalue weighted by Crippen LogP contribution is -2.12. The number of aryl methyl sites for hydroxylation is 1. The molecule has 5 rings (SSSR count). The maximum atomic E-state index is 13.0. The van der Waals surface area contributed by atoms with Crippen molar-refractivity contribution in [3.8, 4) is 17.0 Å². The Bertz CT molecular complexity index is 1380. The van der Waals surface area contributed by atoms with Crippen molar-refractivity contribution < 1.29 is 9.53 Å². The number of anilines is 1. The Morgan fingerprint density at radius 2 is 1.80 bits per heavy atom. The monoisotopic (exact) mass is 413 g/mol. The number of nitrogens with zero attached hydrogens (tertiary/aromatic N) is 2. The maximum absolute atomic E-state index is 13.0. The third kappa shape index (κ3) is 3.11. The Morgan fingerprint density at radius 1 is 1.03 bits per heavy atom. The molecule has 1 N–H and O–H groups in total. The van der Waals surface area contributed by atoms with Crippen LogP contribution in [0.4, 0.5) is 5.69 Å². The van der Waals surface area contributed by atoms with Gasteiger partial charge < -0.3 is 10.1 Å². The Labute approximate surface area is 177 Å². The second-order valence-electron chi connectivity index (χ2n) is 7.00. The molecule has 0 unspecified atom stereocenters. The number of fused-ring (bicyclic) bond motifs is 2. The average molecular weight is 414 g/mol. The third-order valence-electron chi connectivity index (χ3n) is 5.19. The molecule has 0 spiro atoms. The van der Waals surface area contributed by atoms with Crippen LogP contribution in [0.1, 0.15) is 15.4 Å². The van der Waals surface area contributed by atoms with Gasteiger partial charge in [-0.3, -0.25) is 9.20 Å². The highest BCUT2D eigenvalue weighted by molar-refractivity contribution is 7.19. The molecule has 2 heterocycles. The summed E-state index contributed by atoms with van der Waals surface area (Å²) in [6, 6.07) is 21.7. The van der Waals surface area contributed by atoms with Crippen molar-refractivity contribution in [3.05, 3.63) is 83.5 Å². The van der Waals surface area contributed by atoms with Crippen LogP contribution < -0.4 is 10.1 Å². The number of ether oxygens (including phenoxy) is 1. The standard InChI is InChI=1S/C24H19N3O2S/c1-15-22(23(28)25-20-9-5-7-16-6-3-4-8-19(16)20)30-24-26-21(14-27(15)24)17-10-12-18(29-2)13-11-17/h3-14H,1-2H3,(H,25,28). The van der Waals surface area contributed by atoms with Crippen molar-refractivity contribution in [2.24, 2.45) is 0 Å². The van der Waals surface area contributed by atoms with E-state index in [1.54, 1.807) is 7.11 Å². The first-order chi connectivity index (χ1) is 14.6. The van der Waals surface area contributed by atoms with Gasteiger partial charge in [-0.2, -0.15) is 0 Å². The summed E-state index contributed by atoms with van der Waals surface area (Å²) in [5.74, 6) is 0.689. The highest BCUT2D eigenvalue weighted by Gasteiger charge is 2.19. The number of amides is 1. The van der Waals surface area contributed by atoms with E-state index in [-0.39, 0.29) is 5.91 Å². The van der Waals surface area contributed by atoms with Crippen LogP contribution in [0.25, 0.3) is 27.0 Å². The van der Waals surface area contributed by atoms with Gasteiger partial charge in [-0.15, -0.1) is 0 Å². The molecule has 0 fully saturated rings. The number of hydrogen-bond donors (Lipinski definition) is 1. The largest absolute Gasteiger partial charge is 0.497 e. The van der Waals surface area contributed by atoms with E-state index in [0.717, 1.165) is 44.1 Å². The lowest BCUT2D eigenvalue weighted by atomic mass is 10.1. The van der Waals surface area contributed by atoms with E-state index in [4.69, 9.17) is 9.72 Å². The molecule has 148 valence electrons. The van der Waals surface area contributed by atoms with Crippen molar-refractivity contribution in [1.82, 2.24) is 9.38 Å². The summed E-state index contributed by atoms with van der Waals surface area (Å²) in [7, 11) is 1.65. The molecule has 30 heavy (non-hydrogen) atoms. The van der Waals surface area contributed by atoms with Gasteiger partial charge in [-0.25, -0.2) is 4.98 Å². The van der Waals surface area contributed by atoms with Gasteiger partial charge in [-0.1, -0.05) is 47.7 Å². The van der Waals surface area contributed by atoms with E-state index in [9.17, 15) is 4.79 Å². The van der Waals surface area contributed by atoms with Crippen molar-refractivity contribution in [2.75, 3.05) is 12.4 Å². The molecule has 5 nitrogen and oxygen atoms in total. The number of aromatic nitrogens is 2. The van der Waals surface area contributed by atoms with Crippen LogP contribution in [0.5, 0.6) is 5.75 Å². The zero-order valence-electron chi connectivity index (χ0n) is 16.5. The zero-order chi connectivity index (χ0) is 20.7. The summed E-state index contributed by atoms with van der Waals surface area (Å²) in [6.45, 7) is 1.95. The molecule has 0 atom stereocenters. The minimum Gasteiger partial charge on any atom is -0.497 e. The topological polar surface area (TPSA) is 55.6 Å². The number of thiazole rings is 1. The van der Waals surface area contributed by atoms with Crippen LogP contribution in [-0.2, 0) is 0 Å². The third-order valence-corrected chi connectivity index (χ3v) is 6.34. The molecule has 1 amide bonds. The second kappa shape index (κ2) is 7.31. The summed E-state index contributed by atoms with van der Waals surface area (Å²) in [6.07, 6.45) is 1.97. The lowest BCUT2D eigenvalue weighted by Gasteiger charge is -2.08. The molecule has 0 radical (unpaired) electrons. The van der Waals surface area contributed by atoms with E-state index in [1.807, 2.05) is 84.3 Å². The number of imidazole rings is 1. The van der Waals surface area contributed by atoms with Gasteiger partial charge in [-0.05, 0) is 42.6 Å². The lowest BCUT2D eigenvalue weighted by molar-refractivity contribution is 0.103. The Kier molecular flexibility index (Phi) is 4.48. The van der Waals surface area contributed by atoms with Crippen LogP contribution in [0, 0.1) is 6.92 Å². The van der Waals surface area contributed by atoms with Gasteiger partial charge in [0, 0.05) is 28.5 Å². The zero-order valence-corrected chi connectivity index (χ0v) is 17.4. The smallest absolute Gasteiger partial charge is 0.267 e. The maximum Gasteiger partial charge on any atom is 0.267 e. The number of rotatable bonds is 4. The number of benzene rings is 3. The van der Waals surface area contributed by atoms with E-state index < -0.39 is 0 Å². The van der Waals surface area contributed by atoms with E-state index in [2.05, 4.69) is 5.32 Å². The minimum atomic E-state index is -0.120. The molecular formula is C24H19N3O2S. The van der Waals surface area contributed by atoms with Crippen LogP contribution >= 0.6 is 11.3 Å². The van der Waals surface area contributed by atoms with E-state index in [0.29, 0.717) is 4.88 Å². The highest BCUT2D eigenvalue weighted by atomic mass is 32.1. The fourth-order valence-electron chi connectivity index (χ4n) is 3.58. The number of carbonyl (C=O) groups excluding carboxylic acids is 1. The number of methoxy groups -OCH3 is 1. The second-order valence-corrected chi connectivity index (χ2v) is 7.98. The SMILES string of the molecule is COc1ccc(-c2cn3c(C)c(C(=O)Nc4cccc5ccccc45)sc3n2)cc1. The van der Waals surface area contributed by atoms with Crippen molar-refractivity contribution in [2.45, 2.75) is 6.92 Å². The molecule has 6 heteroatoms. The summed E-state index contributed by atoms with van der Waals surface area (Å²) in [5.41, 5.74) is 3.56. The first-order valence-corrected chi connectivity index (χ1v) is 10.4. The predicted molar refractivity (Wildman–Crippen MR) is 122 cm³/mol. The van der Waals surface area contributed by atoms with Gasteiger partial charge in [0.1, 0.15) is 10.6 Å². The molecule has 0 saturated carbocycles. The van der Waals surface area contributed by atoms with Gasteiger partial charge in [0.05, 0.1) is 12.8 Å². The summed E-state index contributed by atoms with van der Waals surface area (Å²) >= 11 is 1.39. The Balaban J connectivity index is 1.46. The normalized spacial score (nSPS) is 11.1. The van der Waals surface area contributed by atoms with Gasteiger partial charge in [0.2, 0.25) is 0 Å². The first kappa shape index (κ1) is 18.4. The van der Waals surface area contributed by atoms with Crippen molar-refractivity contribution in [1.29, 1.82) is 0 Å². The van der Waals surface area contributed by atoms with Gasteiger partial charge in [0.15, 0.2) is 4.96 Å². The summed E-state index contributed by atoms with van der Waals surface area (Å²) < 4.78 is 7.19. The number of nitrogens with one attached hydrogen (secondary N) is 1. The minimum absolute atomic E-state index is 0.120. The highest BCUT2D eigenvalue weighted by Crippen LogP contribution is 2.30. The predicted octanol–water partition coefficient (Wildman–Crippen LogP) is 5.79. The Hall–Kier alpha value is -3.64. The molecule has 0 aliphatic rings. The molecule has 0 saturated heterocycles. The number of carbonyl (C=O) groups is 1. The van der Waals surface area contributed by atoms with E-state index in [1.165, 1.54) is 11.3 Å². The van der Waals surface area contributed by atoms with Crippen LogP contribution in [0.15, 0.2) is 72.9 Å². The van der Waals surface area contributed by atoms with Crippen molar-refractivity contribution in [3.63, 3.8) is 0 Å². The van der Waals surface area contributed by atoms with Crippen molar-refractivity contribution >= 4 is 38.7 Å². The molecular weight excluding hydrogens is 394 g/mol. The van der Waals surface area contributed by atoms with Crippen LogP contribution in [0.3, 0.4) is 0 Å². The molecule has 0 bridgehead atoms. The quantitative estimate of drug-likeness (QED) is 0.406. The van der Waals surface area contributed by atoms with Gasteiger partial charge >= 0.3 is 0 Å². The molecule has 3 aromatic carbocycles. The van der Waals surface area contributed by atoms with Gasteiger partial charge in [0.25, 0.3) is 5.91 Å². The average Bonchev–Trinajstić information content (AvgIpc) is 3.33. The molecule has 0 aliphatic carbocycles. The number of hydrogen-bond acceptors (Lipinski definition) is 4. The summed E-state index contributed by atoms with van der Waals surface area (Å²) in [4.78, 5) is 19.2. The molecule has 5 aromatic rings. The molecule has 0 aliphatic heterocycles. The fourth-order valence-corrected chi connectivity index (χ4v) is 4.58. The first-order valence-electron chi connectivity index (χ1n) is 9.56.